The van der Waals surface area contributed by atoms with E-state index in [9.17, 15) is 9.90 Å². The maximum atomic E-state index is 12.3. The van der Waals surface area contributed by atoms with Gasteiger partial charge in [0.2, 0.25) is 0 Å². The van der Waals surface area contributed by atoms with E-state index in [0.717, 1.165) is 6.42 Å². The molecule has 1 heterocycles. The number of aliphatic hydroxyl groups is 1. The van der Waals surface area contributed by atoms with Crippen LogP contribution in [-0.2, 0) is 4.74 Å². The molecule has 1 saturated heterocycles. The van der Waals surface area contributed by atoms with Gasteiger partial charge in [-0.15, -0.1) is 0 Å². The Morgan fingerprint density at radius 1 is 1.38 bits per heavy atom. The molecule has 3 atom stereocenters. The molecule has 0 unspecified atom stereocenters. The zero-order chi connectivity index (χ0) is 17.7. The predicted molar refractivity (Wildman–Crippen MR) is 94.8 cm³/mol. The third-order valence-corrected chi connectivity index (χ3v) is 4.41. The van der Waals surface area contributed by atoms with E-state index in [1.165, 1.54) is 5.56 Å². The van der Waals surface area contributed by atoms with Gasteiger partial charge >= 0.3 is 6.09 Å². The van der Waals surface area contributed by atoms with Crippen LogP contribution in [0.1, 0.15) is 45.7 Å². The number of hydrogen-bond acceptors (Lipinski definition) is 4. The molecular weight excluding hydrogens is 304 g/mol. The van der Waals surface area contributed by atoms with E-state index in [1.54, 1.807) is 4.90 Å². The number of carbonyl (C=O) groups is 1. The molecule has 0 bridgehead atoms. The number of piperidine rings is 1. The van der Waals surface area contributed by atoms with Crippen molar-refractivity contribution in [3.63, 3.8) is 0 Å². The summed E-state index contributed by atoms with van der Waals surface area (Å²) < 4.78 is 5.48. The van der Waals surface area contributed by atoms with Crippen LogP contribution in [0.4, 0.5) is 4.79 Å². The lowest BCUT2D eigenvalue weighted by molar-refractivity contribution is 0.00917. The Bertz CT molecular complexity index is 527. The molecule has 0 aromatic heterocycles. The fourth-order valence-electron chi connectivity index (χ4n) is 3.06. The predicted octanol–water partition coefficient (Wildman–Crippen LogP) is 2.96. The Balaban J connectivity index is 2.01. The second-order valence-electron chi connectivity index (χ2n) is 7.56. The van der Waals surface area contributed by atoms with Crippen LogP contribution >= 0.6 is 0 Å². The summed E-state index contributed by atoms with van der Waals surface area (Å²) >= 11 is 0. The molecule has 0 saturated carbocycles. The molecule has 1 amide bonds. The fourth-order valence-corrected chi connectivity index (χ4v) is 3.06. The Hall–Kier alpha value is -1.59. The van der Waals surface area contributed by atoms with Crippen LogP contribution in [0.25, 0.3) is 0 Å². The van der Waals surface area contributed by atoms with Crippen LogP contribution in [0, 0.1) is 5.92 Å². The molecule has 1 aliphatic heterocycles. The van der Waals surface area contributed by atoms with Crippen LogP contribution in [0.15, 0.2) is 30.3 Å². The van der Waals surface area contributed by atoms with Crippen molar-refractivity contribution >= 4 is 6.09 Å². The molecule has 1 fully saturated rings. The van der Waals surface area contributed by atoms with Crippen molar-refractivity contribution < 1.29 is 14.6 Å². The summed E-state index contributed by atoms with van der Waals surface area (Å²) in [6, 6.07) is 10.4. The first kappa shape index (κ1) is 18.7. The van der Waals surface area contributed by atoms with E-state index in [0.29, 0.717) is 13.1 Å². The van der Waals surface area contributed by atoms with Gasteiger partial charge in [-0.25, -0.2) is 4.79 Å². The molecule has 2 N–H and O–H groups in total. The first-order chi connectivity index (χ1) is 11.3. The van der Waals surface area contributed by atoms with Crippen molar-refractivity contribution in [3.8, 4) is 0 Å². The van der Waals surface area contributed by atoms with Gasteiger partial charge in [-0.3, -0.25) is 0 Å². The molecule has 2 rings (SSSR count). The molecule has 5 heteroatoms. The molecule has 1 aliphatic rings. The monoisotopic (exact) mass is 334 g/mol. The third-order valence-electron chi connectivity index (χ3n) is 4.41. The van der Waals surface area contributed by atoms with E-state index in [-0.39, 0.29) is 30.7 Å². The number of benzene rings is 1. The van der Waals surface area contributed by atoms with E-state index in [2.05, 4.69) is 24.4 Å². The molecule has 1 aromatic carbocycles. The zero-order valence-electron chi connectivity index (χ0n) is 15.2. The van der Waals surface area contributed by atoms with Crippen LogP contribution in [0.2, 0.25) is 0 Å². The molecule has 0 spiro atoms. The van der Waals surface area contributed by atoms with E-state index in [1.807, 2.05) is 39.0 Å². The average molecular weight is 334 g/mol. The lowest BCUT2D eigenvalue weighted by Gasteiger charge is -2.40. The number of hydrogen-bond donors (Lipinski definition) is 2. The Labute approximate surface area is 145 Å². The molecule has 0 aliphatic carbocycles. The number of ether oxygens (including phenoxy) is 1. The SMILES string of the molecule is C[C@H](N[C@H]1CN(C(=O)OC(C)(C)C)CC[C@@H]1CO)c1ccccc1. The number of nitrogens with zero attached hydrogens (tertiary/aromatic N) is 1. The Morgan fingerprint density at radius 3 is 2.62 bits per heavy atom. The summed E-state index contributed by atoms with van der Waals surface area (Å²) in [6.45, 7) is 9.03. The van der Waals surface area contributed by atoms with Crippen molar-refractivity contribution in [2.24, 2.45) is 5.92 Å². The van der Waals surface area contributed by atoms with Gasteiger partial charge in [0.05, 0.1) is 0 Å². The maximum Gasteiger partial charge on any atom is 0.410 e. The van der Waals surface area contributed by atoms with Crippen LogP contribution < -0.4 is 5.32 Å². The lowest BCUT2D eigenvalue weighted by Crippen LogP contribution is -2.54. The maximum absolute atomic E-state index is 12.3. The highest BCUT2D eigenvalue weighted by molar-refractivity contribution is 5.68. The van der Waals surface area contributed by atoms with Gasteiger partial charge in [0, 0.05) is 37.7 Å². The van der Waals surface area contributed by atoms with Gasteiger partial charge in [-0.05, 0) is 39.7 Å². The standard InChI is InChI=1S/C19H30N2O3/c1-14(15-8-6-5-7-9-15)20-17-12-21(11-10-16(17)13-22)18(23)24-19(2,3)4/h5-9,14,16-17,20,22H,10-13H2,1-4H3/t14-,16+,17-/m0/s1. The third kappa shape index (κ3) is 5.21. The summed E-state index contributed by atoms with van der Waals surface area (Å²) in [7, 11) is 0. The summed E-state index contributed by atoms with van der Waals surface area (Å²) in [5, 5.41) is 13.3. The number of carbonyl (C=O) groups excluding carboxylic acids is 1. The summed E-state index contributed by atoms with van der Waals surface area (Å²) in [5.41, 5.74) is 0.703. The van der Waals surface area contributed by atoms with E-state index >= 15 is 0 Å². The van der Waals surface area contributed by atoms with Crippen molar-refractivity contribution in [1.82, 2.24) is 10.2 Å². The fraction of sp³-hybridized carbons (Fsp3) is 0.632. The van der Waals surface area contributed by atoms with Gasteiger partial charge in [0.15, 0.2) is 0 Å². The van der Waals surface area contributed by atoms with Crippen molar-refractivity contribution in [1.29, 1.82) is 0 Å². The largest absolute Gasteiger partial charge is 0.444 e. The second-order valence-corrected chi connectivity index (χ2v) is 7.56. The molecule has 134 valence electrons. The molecule has 24 heavy (non-hydrogen) atoms. The van der Waals surface area contributed by atoms with Gasteiger partial charge in [-0.1, -0.05) is 30.3 Å². The number of nitrogens with one attached hydrogen (secondary N) is 1. The minimum atomic E-state index is -0.495. The second kappa shape index (κ2) is 7.99. The smallest absolute Gasteiger partial charge is 0.410 e. The van der Waals surface area contributed by atoms with E-state index < -0.39 is 5.60 Å². The first-order valence-corrected chi connectivity index (χ1v) is 8.70. The highest BCUT2D eigenvalue weighted by atomic mass is 16.6. The van der Waals surface area contributed by atoms with Crippen LogP contribution in [0.5, 0.6) is 0 Å². The minimum absolute atomic E-state index is 0.0477. The first-order valence-electron chi connectivity index (χ1n) is 8.70. The topological polar surface area (TPSA) is 61.8 Å². The lowest BCUT2D eigenvalue weighted by atomic mass is 9.91. The van der Waals surface area contributed by atoms with Crippen molar-refractivity contribution in [2.75, 3.05) is 19.7 Å². The summed E-state index contributed by atoms with van der Waals surface area (Å²) in [6.07, 6.45) is 0.493. The Morgan fingerprint density at radius 2 is 2.04 bits per heavy atom. The zero-order valence-corrected chi connectivity index (χ0v) is 15.2. The van der Waals surface area contributed by atoms with Crippen LogP contribution in [-0.4, -0.2) is 47.4 Å². The van der Waals surface area contributed by atoms with Crippen molar-refractivity contribution in [2.45, 2.75) is 51.8 Å². The number of rotatable bonds is 4. The van der Waals surface area contributed by atoms with Gasteiger partial charge in [0.1, 0.15) is 5.60 Å². The molecule has 1 aromatic rings. The molecule has 5 nitrogen and oxygen atoms in total. The Kier molecular flexibility index (Phi) is 6.24. The molecular formula is C19H30N2O3. The molecule has 0 radical (unpaired) electrons. The van der Waals surface area contributed by atoms with Gasteiger partial charge in [-0.2, -0.15) is 0 Å². The summed E-state index contributed by atoms with van der Waals surface area (Å²) in [4.78, 5) is 14.1. The quantitative estimate of drug-likeness (QED) is 0.889. The van der Waals surface area contributed by atoms with Crippen molar-refractivity contribution in [3.05, 3.63) is 35.9 Å². The normalized spacial score (nSPS) is 23.0. The van der Waals surface area contributed by atoms with Gasteiger partial charge < -0.3 is 20.1 Å². The van der Waals surface area contributed by atoms with Crippen LogP contribution in [0.3, 0.4) is 0 Å². The average Bonchev–Trinajstić information content (AvgIpc) is 2.54. The van der Waals surface area contributed by atoms with Gasteiger partial charge in [0.25, 0.3) is 0 Å². The highest BCUT2D eigenvalue weighted by Crippen LogP contribution is 2.23. The number of aliphatic hydroxyl groups excluding tert-OH is 1. The number of amides is 1. The minimum Gasteiger partial charge on any atom is -0.444 e. The van der Waals surface area contributed by atoms with E-state index in [4.69, 9.17) is 4.74 Å². The summed E-state index contributed by atoms with van der Waals surface area (Å²) in [5.74, 6) is 0.148. The highest BCUT2D eigenvalue weighted by Gasteiger charge is 2.33. The number of likely N-dealkylation sites (tertiary alicyclic amines) is 1.